The van der Waals surface area contributed by atoms with E-state index in [2.05, 4.69) is 10.1 Å². The van der Waals surface area contributed by atoms with E-state index in [0.717, 1.165) is 17.8 Å². The summed E-state index contributed by atoms with van der Waals surface area (Å²) in [4.78, 5) is 4.00. The molecule has 2 aromatic heterocycles. The highest BCUT2D eigenvalue weighted by Gasteiger charge is 2.14. The predicted molar refractivity (Wildman–Crippen MR) is 65.2 cm³/mol. The summed E-state index contributed by atoms with van der Waals surface area (Å²) in [6, 6.07) is 5.51. The highest BCUT2D eigenvalue weighted by molar-refractivity contribution is 5.39. The minimum Gasteiger partial charge on any atom is -0.386 e. The number of aliphatic hydroxyl groups is 1. The highest BCUT2D eigenvalue weighted by Crippen LogP contribution is 2.20. The smallest absolute Gasteiger partial charge is 0.126 e. The minimum atomic E-state index is -0.607. The summed E-state index contributed by atoms with van der Waals surface area (Å²) in [5.41, 5.74) is 7.40. The van der Waals surface area contributed by atoms with E-state index in [0.29, 0.717) is 12.2 Å². The largest absolute Gasteiger partial charge is 0.386 e. The van der Waals surface area contributed by atoms with E-state index >= 15 is 0 Å². The number of aliphatic hydroxyl groups excluding tert-OH is 1. The van der Waals surface area contributed by atoms with Crippen LogP contribution in [0.5, 0.6) is 0 Å². The molecule has 0 bridgehead atoms. The molecule has 2 aromatic rings. The monoisotopic (exact) mass is 232 g/mol. The van der Waals surface area contributed by atoms with Gasteiger partial charge in [0.05, 0.1) is 11.8 Å². The number of rotatable bonds is 4. The maximum Gasteiger partial charge on any atom is 0.126 e. The molecule has 2 heterocycles. The van der Waals surface area contributed by atoms with Crippen molar-refractivity contribution in [2.24, 2.45) is 0 Å². The molecule has 90 valence electrons. The lowest BCUT2D eigenvalue weighted by atomic mass is 10.1. The van der Waals surface area contributed by atoms with Gasteiger partial charge in [0.25, 0.3) is 0 Å². The number of aryl methyl sites for hydroxylation is 1. The molecule has 17 heavy (non-hydrogen) atoms. The van der Waals surface area contributed by atoms with Crippen molar-refractivity contribution in [1.82, 2.24) is 14.8 Å². The standard InChI is InChI=1S/C12H16N4O/c1-2-16-10(5-7-15-16)11(17)8-9-4-3-6-14-12(9)13/h3-7,11,17H,2,8H2,1H3,(H2,13,14). The van der Waals surface area contributed by atoms with E-state index in [1.165, 1.54) is 0 Å². The molecule has 5 heteroatoms. The molecule has 1 atom stereocenters. The van der Waals surface area contributed by atoms with Gasteiger partial charge in [0, 0.05) is 25.4 Å². The maximum absolute atomic E-state index is 10.2. The third-order valence-electron chi connectivity index (χ3n) is 2.73. The number of anilines is 1. The fourth-order valence-electron chi connectivity index (χ4n) is 1.83. The molecular formula is C12H16N4O. The van der Waals surface area contributed by atoms with Crippen molar-refractivity contribution in [1.29, 1.82) is 0 Å². The van der Waals surface area contributed by atoms with Crippen LogP contribution in [0.3, 0.4) is 0 Å². The van der Waals surface area contributed by atoms with Crippen LogP contribution in [-0.2, 0) is 13.0 Å². The Morgan fingerprint density at radius 2 is 2.24 bits per heavy atom. The van der Waals surface area contributed by atoms with Crippen molar-refractivity contribution < 1.29 is 5.11 Å². The molecule has 0 aliphatic rings. The second kappa shape index (κ2) is 4.97. The van der Waals surface area contributed by atoms with Gasteiger partial charge in [-0.1, -0.05) is 6.07 Å². The van der Waals surface area contributed by atoms with Crippen molar-refractivity contribution in [3.05, 3.63) is 41.9 Å². The Labute approximate surface area is 99.9 Å². The third kappa shape index (κ3) is 2.45. The molecule has 0 aromatic carbocycles. The van der Waals surface area contributed by atoms with Crippen molar-refractivity contribution in [3.63, 3.8) is 0 Å². The third-order valence-corrected chi connectivity index (χ3v) is 2.73. The first kappa shape index (κ1) is 11.6. The maximum atomic E-state index is 10.2. The van der Waals surface area contributed by atoms with Crippen LogP contribution in [0, 0.1) is 0 Å². The Balaban J connectivity index is 2.17. The van der Waals surface area contributed by atoms with Gasteiger partial charge >= 0.3 is 0 Å². The second-order valence-electron chi connectivity index (χ2n) is 3.84. The van der Waals surface area contributed by atoms with Gasteiger partial charge in [-0.2, -0.15) is 5.10 Å². The zero-order valence-corrected chi connectivity index (χ0v) is 9.74. The van der Waals surface area contributed by atoms with E-state index in [1.807, 2.05) is 25.1 Å². The van der Waals surface area contributed by atoms with Gasteiger partial charge in [-0.15, -0.1) is 0 Å². The molecule has 0 aliphatic heterocycles. The number of aromatic nitrogens is 3. The van der Waals surface area contributed by atoms with Gasteiger partial charge in [-0.05, 0) is 24.6 Å². The number of nitrogens with zero attached hydrogens (tertiary/aromatic N) is 3. The lowest BCUT2D eigenvalue weighted by molar-refractivity contribution is 0.167. The van der Waals surface area contributed by atoms with Gasteiger partial charge in [0.2, 0.25) is 0 Å². The summed E-state index contributed by atoms with van der Waals surface area (Å²) in [6.07, 6.45) is 3.17. The van der Waals surface area contributed by atoms with Crippen LogP contribution in [0.25, 0.3) is 0 Å². The Hall–Kier alpha value is -1.88. The summed E-state index contributed by atoms with van der Waals surface area (Å²) in [5, 5.41) is 14.3. The van der Waals surface area contributed by atoms with E-state index < -0.39 is 6.10 Å². The molecule has 0 amide bonds. The highest BCUT2D eigenvalue weighted by atomic mass is 16.3. The average molecular weight is 232 g/mol. The van der Waals surface area contributed by atoms with Crippen molar-refractivity contribution >= 4 is 5.82 Å². The van der Waals surface area contributed by atoms with Crippen LogP contribution in [-0.4, -0.2) is 19.9 Å². The van der Waals surface area contributed by atoms with Crippen LogP contribution in [0.1, 0.15) is 24.3 Å². The summed E-state index contributed by atoms with van der Waals surface area (Å²) in [5.74, 6) is 0.467. The first-order valence-corrected chi connectivity index (χ1v) is 5.61. The van der Waals surface area contributed by atoms with Crippen LogP contribution < -0.4 is 5.73 Å². The first-order chi connectivity index (χ1) is 8.22. The topological polar surface area (TPSA) is 77.0 Å². The van der Waals surface area contributed by atoms with Gasteiger partial charge in [-0.3, -0.25) is 4.68 Å². The van der Waals surface area contributed by atoms with Crippen molar-refractivity contribution in [2.75, 3.05) is 5.73 Å². The Bertz CT molecular complexity index is 495. The summed E-state index contributed by atoms with van der Waals surface area (Å²) in [6.45, 7) is 2.73. The average Bonchev–Trinajstić information content (AvgIpc) is 2.80. The van der Waals surface area contributed by atoms with Gasteiger partial charge in [0.15, 0.2) is 0 Å². The number of nitrogen functional groups attached to an aromatic ring is 1. The molecule has 1 unspecified atom stereocenters. The summed E-state index contributed by atoms with van der Waals surface area (Å²) < 4.78 is 1.78. The molecule has 0 saturated heterocycles. The molecule has 0 saturated carbocycles. The molecule has 2 rings (SSSR count). The predicted octanol–water partition coefficient (Wildman–Crippen LogP) is 1.16. The van der Waals surface area contributed by atoms with Gasteiger partial charge in [0.1, 0.15) is 5.82 Å². The van der Waals surface area contributed by atoms with Gasteiger partial charge < -0.3 is 10.8 Å². The zero-order valence-electron chi connectivity index (χ0n) is 9.74. The first-order valence-electron chi connectivity index (χ1n) is 5.61. The molecule has 0 radical (unpaired) electrons. The molecule has 0 aliphatic carbocycles. The summed E-state index contributed by atoms with van der Waals surface area (Å²) >= 11 is 0. The lowest BCUT2D eigenvalue weighted by Gasteiger charge is -2.13. The van der Waals surface area contributed by atoms with E-state index in [1.54, 1.807) is 17.1 Å². The Morgan fingerprint density at radius 1 is 1.41 bits per heavy atom. The fourth-order valence-corrected chi connectivity index (χ4v) is 1.83. The number of pyridine rings is 1. The Kier molecular flexibility index (Phi) is 3.39. The lowest BCUT2D eigenvalue weighted by Crippen LogP contribution is -2.11. The zero-order chi connectivity index (χ0) is 12.3. The normalized spacial score (nSPS) is 12.6. The molecular weight excluding hydrogens is 216 g/mol. The van der Waals surface area contributed by atoms with Crippen LogP contribution >= 0.6 is 0 Å². The second-order valence-corrected chi connectivity index (χ2v) is 3.84. The van der Waals surface area contributed by atoms with Crippen LogP contribution in [0.2, 0.25) is 0 Å². The SMILES string of the molecule is CCn1nccc1C(O)Cc1cccnc1N. The molecule has 0 spiro atoms. The van der Waals surface area contributed by atoms with Crippen LogP contribution in [0.15, 0.2) is 30.6 Å². The number of nitrogens with two attached hydrogens (primary N) is 1. The summed E-state index contributed by atoms with van der Waals surface area (Å²) in [7, 11) is 0. The van der Waals surface area contributed by atoms with Gasteiger partial charge in [-0.25, -0.2) is 4.98 Å². The van der Waals surface area contributed by atoms with E-state index in [4.69, 9.17) is 5.73 Å². The van der Waals surface area contributed by atoms with E-state index in [9.17, 15) is 5.11 Å². The van der Waals surface area contributed by atoms with Crippen molar-refractivity contribution in [2.45, 2.75) is 26.0 Å². The minimum absolute atomic E-state index is 0.450. The van der Waals surface area contributed by atoms with E-state index in [-0.39, 0.29) is 0 Å². The Morgan fingerprint density at radius 3 is 2.94 bits per heavy atom. The fraction of sp³-hybridized carbons (Fsp3) is 0.333. The molecule has 0 fully saturated rings. The van der Waals surface area contributed by atoms with Crippen LogP contribution in [0.4, 0.5) is 5.82 Å². The quantitative estimate of drug-likeness (QED) is 0.829. The van der Waals surface area contributed by atoms with Crippen molar-refractivity contribution in [3.8, 4) is 0 Å². The molecule has 5 nitrogen and oxygen atoms in total. The number of hydrogen-bond acceptors (Lipinski definition) is 4. The number of hydrogen-bond donors (Lipinski definition) is 2. The molecule has 3 N–H and O–H groups in total.